The lowest BCUT2D eigenvalue weighted by Crippen LogP contribution is -2.39. The van der Waals surface area contributed by atoms with Crippen LogP contribution in [0.5, 0.6) is 0 Å². The van der Waals surface area contributed by atoms with E-state index in [2.05, 4.69) is 10.3 Å². The molecule has 1 aromatic heterocycles. The Bertz CT molecular complexity index is 729. The maximum atomic E-state index is 12.4. The second-order valence-corrected chi connectivity index (χ2v) is 6.09. The summed E-state index contributed by atoms with van der Waals surface area (Å²) in [7, 11) is 0. The number of aryl methyl sites for hydroxylation is 1. The second-order valence-electron chi connectivity index (χ2n) is 6.09. The quantitative estimate of drug-likeness (QED) is 0.617. The summed E-state index contributed by atoms with van der Waals surface area (Å²) in [5, 5.41) is 2.81. The molecule has 0 saturated carbocycles. The van der Waals surface area contributed by atoms with E-state index >= 15 is 0 Å². The molecule has 0 aliphatic carbocycles. The maximum absolute atomic E-state index is 12.4. The Hall–Kier alpha value is -2.31. The van der Waals surface area contributed by atoms with Crippen molar-refractivity contribution in [2.45, 2.75) is 26.3 Å². The number of pyridine rings is 1. The van der Waals surface area contributed by atoms with Crippen LogP contribution in [0.2, 0.25) is 0 Å². The molecule has 0 spiro atoms. The van der Waals surface area contributed by atoms with Crippen molar-refractivity contribution in [1.82, 2.24) is 10.3 Å². The van der Waals surface area contributed by atoms with Crippen LogP contribution < -0.4 is 16.8 Å². The lowest BCUT2D eigenvalue weighted by molar-refractivity contribution is -0.133. The number of halogens is 2. The molecule has 0 radical (unpaired) electrons. The number of rotatable bonds is 8. The molecule has 1 unspecified atom stereocenters. The Morgan fingerprint density at radius 1 is 1.11 bits per heavy atom. The average Bonchev–Trinajstić information content (AvgIpc) is 2.61. The fraction of sp³-hybridized carbons (Fsp3) is 0.316. The van der Waals surface area contributed by atoms with Crippen molar-refractivity contribution >= 4 is 42.4 Å². The zero-order valence-electron chi connectivity index (χ0n) is 15.1. The minimum Gasteiger partial charge on any atom is -0.383 e. The molecule has 148 valence electrons. The molecule has 27 heavy (non-hydrogen) atoms. The zero-order valence-corrected chi connectivity index (χ0v) is 16.8. The van der Waals surface area contributed by atoms with Crippen LogP contribution in [-0.2, 0) is 22.6 Å². The zero-order chi connectivity index (χ0) is 18.2. The van der Waals surface area contributed by atoms with Gasteiger partial charge in [-0.05, 0) is 24.5 Å². The first kappa shape index (κ1) is 24.7. The van der Waals surface area contributed by atoms with Gasteiger partial charge in [0.05, 0.1) is 0 Å². The Labute approximate surface area is 171 Å². The van der Waals surface area contributed by atoms with E-state index in [4.69, 9.17) is 11.5 Å². The highest BCUT2D eigenvalue weighted by atomic mass is 35.5. The van der Waals surface area contributed by atoms with E-state index in [1.54, 1.807) is 25.3 Å². The SMILES string of the molecule is C[C@H](C(=O)NCc1cccnc1N)C(CCc1ccccc1)C(N)=O.Cl.Cl. The highest BCUT2D eigenvalue weighted by molar-refractivity contribution is 5.86. The molecule has 0 saturated heterocycles. The third-order valence-electron chi connectivity index (χ3n) is 4.35. The maximum Gasteiger partial charge on any atom is 0.223 e. The molecule has 0 bridgehead atoms. The number of nitrogens with one attached hydrogen (secondary N) is 1. The summed E-state index contributed by atoms with van der Waals surface area (Å²) in [5.74, 6) is -1.34. The summed E-state index contributed by atoms with van der Waals surface area (Å²) in [6, 6.07) is 13.4. The van der Waals surface area contributed by atoms with Crippen LogP contribution in [0.4, 0.5) is 5.82 Å². The summed E-state index contributed by atoms with van der Waals surface area (Å²) >= 11 is 0. The number of benzene rings is 1. The van der Waals surface area contributed by atoms with Gasteiger partial charge in [0, 0.05) is 30.1 Å². The van der Waals surface area contributed by atoms with E-state index in [1.807, 2.05) is 30.3 Å². The Morgan fingerprint density at radius 3 is 2.37 bits per heavy atom. The number of carbonyl (C=O) groups is 2. The molecule has 6 nitrogen and oxygen atoms in total. The van der Waals surface area contributed by atoms with Gasteiger partial charge in [-0.25, -0.2) is 4.98 Å². The highest BCUT2D eigenvalue weighted by Crippen LogP contribution is 2.19. The number of nitrogen functional groups attached to an aromatic ring is 1. The molecule has 8 heteroatoms. The molecule has 5 N–H and O–H groups in total. The molecule has 0 aliphatic rings. The fourth-order valence-electron chi connectivity index (χ4n) is 2.73. The van der Waals surface area contributed by atoms with Crippen molar-refractivity contribution in [3.63, 3.8) is 0 Å². The molecule has 2 amide bonds. The molecular weight excluding hydrogens is 387 g/mol. The number of anilines is 1. The van der Waals surface area contributed by atoms with Gasteiger partial charge in [0.15, 0.2) is 0 Å². The second kappa shape index (κ2) is 12.1. The van der Waals surface area contributed by atoms with E-state index in [0.717, 1.165) is 11.1 Å². The molecule has 0 fully saturated rings. The van der Waals surface area contributed by atoms with Crippen LogP contribution in [0.15, 0.2) is 48.7 Å². The summed E-state index contributed by atoms with van der Waals surface area (Å²) < 4.78 is 0. The average molecular weight is 413 g/mol. The Balaban J connectivity index is 0.00000338. The first-order valence-electron chi connectivity index (χ1n) is 8.29. The van der Waals surface area contributed by atoms with Gasteiger partial charge in [-0.3, -0.25) is 9.59 Å². The van der Waals surface area contributed by atoms with Crippen LogP contribution >= 0.6 is 24.8 Å². The number of nitrogens with two attached hydrogens (primary N) is 2. The molecule has 2 atom stereocenters. The van der Waals surface area contributed by atoms with Crippen LogP contribution in [-0.4, -0.2) is 16.8 Å². The van der Waals surface area contributed by atoms with Crippen molar-refractivity contribution in [1.29, 1.82) is 0 Å². The van der Waals surface area contributed by atoms with Gasteiger partial charge in [-0.1, -0.05) is 43.3 Å². The lowest BCUT2D eigenvalue weighted by atomic mass is 9.87. The van der Waals surface area contributed by atoms with Gasteiger partial charge in [0.25, 0.3) is 0 Å². The number of carbonyl (C=O) groups excluding carboxylic acids is 2. The summed E-state index contributed by atoms with van der Waals surface area (Å²) in [5.41, 5.74) is 13.1. The van der Waals surface area contributed by atoms with E-state index < -0.39 is 17.7 Å². The van der Waals surface area contributed by atoms with Crippen molar-refractivity contribution in [2.75, 3.05) is 5.73 Å². The third kappa shape index (κ3) is 7.45. The summed E-state index contributed by atoms with van der Waals surface area (Å²) in [6.45, 7) is 2.00. The first-order valence-corrected chi connectivity index (χ1v) is 8.29. The molecule has 0 aliphatic heterocycles. The largest absolute Gasteiger partial charge is 0.383 e. The van der Waals surface area contributed by atoms with Gasteiger partial charge < -0.3 is 16.8 Å². The minimum atomic E-state index is -0.522. The van der Waals surface area contributed by atoms with Gasteiger partial charge in [0.1, 0.15) is 5.82 Å². The minimum absolute atomic E-state index is 0. The summed E-state index contributed by atoms with van der Waals surface area (Å²) in [4.78, 5) is 28.2. The van der Waals surface area contributed by atoms with Gasteiger partial charge in [-0.15, -0.1) is 24.8 Å². The number of aromatic nitrogens is 1. The smallest absolute Gasteiger partial charge is 0.223 e. The molecule has 1 heterocycles. The standard InChI is InChI=1S/C19H24N4O2.2ClH/c1-13(19(25)23-12-15-8-5-11-22-17(15)20)16(18(21)24)10-9-14-6-3-2-4-7-14;;/h2-8,11,13,16H,9-10,12H2,1H3,(H2,20,22)(H2,21,24)(H,23,25);2*1H/t13-,16?;;/m0../s1. The fourth-order valence-corrected chi connectivity index (χ4v) is 2.73. The number of amides is 2. The van der Waals surface area contributed by atoms with E-state index in [1.165, 1.54) is 0 Å². The van der Waals surface area contributed by atoms with Crippen molar-refractivity contribution < 1.29 is 9.59 Å². The Morgan fingerprint density at radius 2 is 1.78 bits per heavy atom. The van der Waals surface area contributed by atoms with Gasteiger partial charge >= 0.3 is 0 Å². The predicted molar refractivity (Wildman–Crippen MR) is 112 cm³/mol. The topological polar surface area (TPSA) is 111 Å². The molecule has 2 aromatic rings. The van der Waals surface area contributed by atoms with Crippen LogP contribution in [0.1, 0.15) is 24.5 Å². The predicted octanol–water partition coefficient (Wildman–Crippen LogP) is 2.49. The van der Waals surface area contributed by atoms with Crippen molar-refractivity contribution in [2.24, 2.45) is 17.6 Å². The normalized spacial score (nSPS) is 12.0. The van der Waals surface area contributed by atoms with Crippen molar-refractivity contribution in [3.05, 3.63) is 59.8 Å². The van der Waals surface area contributed by atoms with Crippen LogP contribution in [0.3, 0.4) is 0 Å². The van der Waals surface area contributed by atoms with Crippen molar-refractivity contribution in [3.8, 4) is 0 Å². The first-order chi connectivity index (χ1) is 12.0. The lowest BCUT2D eigenvalue weighted by Gasteiger charge is -2.21. The number of nitrogens with zero attached hydrogens (tertiary/aromatic N) is 1. The van der Waals surface area contributed by atoms with E-state index in [9.17, 15) is 9.59 Å². The van der Waals surface area contributed by atoms with E-state index in [0.29, 0.717) is 18.7 Å². The highest BCUT2D eigenvalue weighted by Gasteiger charge is 2.28. The molecule has 1 aromatic carbocycles. The third-order valence-corrected chi connectivity index (χ3v) is 4.35. The van der Waals surface area contributed by atoms with E-state index in [-0.39, 0.29) is 37.3 Å². The Kier molecular flexibility index (Phi) is 11.1. The monoisotopic (exact) mass is 412 g/mol. The number of primary amides is 1. The van der Waals surface area contributed by atoms with Gasteiger partial charge in [0.2, 0.25) is 11.8 Å². The van der Waals surface area contributed by atoms with Crippen LogP contribution in [0, 0.1) is 11.8 Å². The molecule has 2 rings (SSSR count). The summed E-state index contributed by atoms with van der Waals surface area (Å²) in [6.07, 6.45) is 2.82. The van der Waals surface area contributed by atoms with Crippen LogP contribution in [0.25, 0.3) is 0 Å². The van der Waals surface area contributed by atoms with Gasteiger partial charge in [-0.2, -0.15) is 0 Å². The number of hydrogen-bond acceptors (Lipinski definition) is 4. The number of hydrogen-bond donors (Lipinski definition) is 3. The molecular formula is C19H26Cl2N4O2.